The highest BCUT2D eigenvalue weighted by molar-refractivity contribution is 7.99. The van der Waals surface area contributed by atoms with E-state index in [0.717, 1.165) is 42.1 Å². The Morgan fingerprint density at radius 3 is 2.86 bits per heavy atom. The van der Waals surface area contributed by atoms with Gasteiger partial charge < -0.3 is 9.47 Å². The molecule has 2 aliphatic rings. The van der Waals surface area contributed by atoms with Crippen molar-refractivity contribution in [2.75, 3.05) is 18.6 Å². The summed E-state index contributed by atoms with van der Waals surface area (Å²) in [4.78, 5) is 14.5. The summed E-state index contributed by atoms with van der Waals surface area (Å²) in [6, 6.07) is 5.87. The average Bonchev–Trinajstić information content (AvgIpc) is 3.30. The minimum Gasteiger partial charge on any atom is -0.493 e. The maximum Gasteiger partial charge on any atom is 0.235 e. The average molecular weight is 305 g/mol. The van der Waals surface area contributed by atoms with Gasteiger partial charge in [-0.3, -0.25) is 0 Å². The van der Waals surface area contributed by atoms with Gasteiger partial charge in [0.25, 0.3) is 0 Å². The molecule has 1 saturated heterocycles. The van der Waals surface area contributed by atoms with Gasteiger partial charge in [0.15, 0.2) is 11.5 Å². The third kappa shape index (κ3) is 3.09. The third-order valence-electron chi connectivity index (χ3n) is 4.10. The summed E-state index contributed by atoms with van der Waals surface area (Å²) in [6.45, 7) is 0. The Labute approximate surface area is 128 Å². The molecular formula is C16H19NO3S. The molecule has 1 heterocycles. The van der Waals surface area contributed by atoms with Crippen LogP contribution in [0.15, 0.2) is 23.2 Å². The van der Waals surface area contributed by atoms with Crippen molar-refractivity contribution in [3.8, 4) is 11.5 Å². The van der Waals surface area contributed by atoms with Crippen LogP contribution in [0, 0.1) is 0 Å². The number of nitrogens with zero attached hydrogens (tertiary/aromatic N) is 1. The van der Waals surface area contributed by atoms with Crippen molar-refractivity contribution < 1.29 is 14.3 Å². The number of thioether (sulfide) groups is 1. The Kier molecular flexibility index (Phi) is 4.22. The van der Waals surface area contributed by atoms with Crippen LogP contribution in [0.3, 0.4) is 0 Å². The number of rotatable bonds is 5. The first-order valence-corrected chi connectivity index (χ1v) is 8.45. The number of hydrogen-bond acceptors (Lipinski definition) is 5. The molecule has 1 atom stereocenters. The number of carbonyl (C=O) groups excluding carboxylic acids is 1. The van der Waals surface area contributed by atoms with Gasteiger partial charge in [-0.2, -0.15) is 16.8 Å². The van der Waals surface area contributed by atoms with Crippen molar-refractivity contribution in [3.63, 3.8) is 0 Å². The minimum absolute atomic E-state index is 0.256. The van der Waals surface area contributed by atoms with E-state index in [1.165, 1.54) is 12.2 Å². The number of benzene rings is 1. The van der Waals surface area contributed by atoms with E-state index in [2.05, 4.69) is 4.99 Å². The molecule has 0 amide bonds. The van der Waals surface area contributed by atoms with Crippen molar-refractivity contribution in [2.45, 2.75) is 37.3 Å². The van der Waals surface area contributed by atoms with E-state index in [1.54, 1.807) is 13.2 Å². The lowest BCUT2D eigenvalue weighted by molar-refractivity contribution is 0.202. The van der Waals surface area contributed by atoms with Gasteiger partial charge >= 0.3 is 0 Å². The number of methoxy groups -OCH3 is 1. The topological polar surface area (TPSA) is 47.9 Å². The first-order valence-electron chi connectivity index (χ1n) is 7.29. The van der Waals surface area contributed by atoms with E-state index in [9.17, 15) is 4.79 Å². The maximum atomic E-state index is 10.6. The Balaban J connectivity index is 1.80. The van der Waals surface area contributed by atoms with Crippen molar-refractivity contribution in [1.29, 1.82) is 0 Å². The van der Waals surface area contributed by atoms with Crippen LogP contribution in [0.4, 0.5) is 0 Å². The van der Waals surface area contributed by atoms with Gasteiger partial charge in [-0.05, 0) is 49.1 Å². The van der Waals surface area contributed by atoms with Crippen molar-refractivity contribution in [2.24, 2.45) is 4.99 Å². The zero-order valence-corrected chi connectivity index (χ0v) is 12.9. The first kappa shape index (κ1) is 14.5. The molecule has 4 nitrogen and oxygen atoms in total. The fourth-order valence-electron chi connectivity index (χ4n) is 2.71. The fourth-order valence-corrected chi connectivity index (χ4v) is 3.74. The molecule has 2 fully saturated rings. The van der Waals surface area contributed by atoms with Gasteiger partial charge in [-0.15, -0.1) is 0 Å². The second-order valence-electron chi connectivity index (χ2n) is 5.56. The normalized spacial score (nSPS) is 23.0. The van der Waals surface area contributed by atoms with E-state index >= 15 is 0 Å². The van der Waals surface area contributed by atoms with Crippen LogP contribution in [0.1, 0.15) is 31.2 Å². The highest BCUT2D eigenvalue weighted by atomic mass is 32.2. The summed E-state index contributed by atoms with van der Waals surface area (Å²) < 4.78 is 11.5. The molecule has 3 rings (SSSR count). The zero-order valence-electron chi connectivity index (χ0n) is 12.1. The molecule has 0 N–H and O–H groups in total. The first-order chi connectivity index (χ1) is 10.3. The summed E-state index contributed by atoms with van der Waals surface area (Å²) in [7, 11) is 1.64. The summed E-state index contributed by atoms with van der Waals surface area (Å²) in [5, 5.41) is 0. The smallest absolute Gasteiger partial charge is 0.235 e. The lowest BCUT2D eigenvalue weighted by Crippen LogP contribution is -2.23. The van der Waals surface area contributed by atoms with Crippen LogP contribution in [-0.4, -0.2) is 30.8 Å². The van der Waals surface area contributed by atoms with Gasteiger partial charge in [0.1, 0.15) is 6.10 Å². The van der Waals surface area contributed by atoms with E-state index in [4.69, 9.17) is 9.47 Å². The molecule has 0 radical (unpaired) electrons. The van der Waals surface area contributed by atoms with Gasteiger partial charge in [0.2, 0.25) is 6.08 Å². The van der Waals surface area contributed by atoms with Crippen LogP contribution in [0.2, 0.25) is 0 Å². The number of isocyanates is 1. The monoisotopic (exact) mass is 305 g/mol. The third-order valence-corrected chi connectivity index (χ3v) is 5.28. The molecule has 0 bridgehead atoms. The predicted octanol–water partition coefficient (Wildman–Crippen LogP) is 3.29. The molecule has 1 aromatic rings. The number of ether oxygens (including phenoxy) is 2. The Bertz CT molecular complexity index is 559. The van der Waals surface area contributed by atoms with Crippen LogP contribution < -0.4 is 9.47 Å². The summed E-state index contributed by atoms with van der Waals surface area (Å²) in [6.07, 6.45) is 6.03. The van der Waals surface area contributed by atoms with E-state index < -0.39 is 0 Å². The molecule has 1 aliphatic carbocycles. The van der Waals surface area contributed by atoms with Crippen molar-refractivity contribution in [1.82, 2.24) is 0 Å². The van der Waals surface area contributed by atoms with Gasteiger partial charge in [0.05, 0.1) is 12.6 Å². The SMILES string of the molecule is COc1cc(C2(N=C=O)CC2)ccc1OC1CCCSC1. The van der Waals surface area contributed by atoms with Crippen LogP contribution in [0.25, 0.3) is 0 Å². The van der Waals surface area contributed by atoms with Gasteiger partial charge in [-0.25, -0.2) is 4.79 Å². The molecule has 1 aromatic carbocycles. The lowest BCUT2D eigenvalue weighted by Gasteiger charge is -2.24. The van der Waals surface area contributed by atoms with Gasteiger partial charge in [-0.1, -0.05) is 6.07 Å². The molecule has 0 spiro atoms. The largest absolute Gasteiger partial charge is 0.493 e. The van der Waals surface area contributed by atoms with E-state index in [-0.39, 0.29) is 11.6 Å². The van der Waals surface area contributed by atoms with Gasteiger partial charge in [0, 0.05) is 5.75 Å². The van der Waals surface area contributed by atoms with Crippen molar-refractivity contribution >= 4 is 17.8 Å². The summed E-state index contributed by atoms with van der Waals surface area (Å²) in [5.41, 5.74) is 0.641. The fraction of sp³-hybridized carbons (Fsp3) is 0.562. The highest BCUT2D eigenvalue weighted by Crippen LogP contribution is 2.50. The maximum absolute atomic E-state index is 10.6. The quantitative estimate of drug-likeness (QED) is 0.618. The molecule has 112 valence electrons. The Morgan fingerprint density at radius 2 is 2.24 bits per heavy atom. The van der Waals surface area contributed by atoms with Crippen LogP contribution >= 0.6 is 11.8 Å². The predicted molar refractivity (Wildman–Crippen MR) is 83.0 cm³/mol. The molecule has 1 aliphatic heterocycles. The standard InChI is InChI=1S/C16H19NO3S/c1-19-15-9-12(16(6-7-16)17-11-18)4-5-14(15)20-13-3-2-8-21-10-13/h4-5,9,13H,2-3,6-8,10H2,1H3. The number of hydrogen-bond donors (Lipinski definition) is 0. The minimum atomic E-state index is -0.367. The molecular weight excluding hydrogens is 286 g/mol. The Morgan fingerprint density at radius 1 is 1.38 bits per heavy atom. The lowest BCUT2D eigenvalue weighted by atomic mass is 10.0. The zero-order chi connectivity index (χ0) is 14.7. The molecule has 1 unspecified atom stereocenters. The second kappa shape index (κ2) is 6.12. The molecule has 5 heteroatoms. The van der Waals surface area contributed by atoms with Crippen LogP contribution in [-0.2, 0) is 10.3 Å². The van der Waals surface area contributed by atoms with Crippen molar-refractivity contribution in [3.05, 3.63) is 23.8 Å². The highest BCUT2D eigenvalue weighted by Gasteiger charge is 2.45. The van der Waals surface area contributed by atoms with Crippen LogP contribution in [0.5, 0.6) is 11.5 Å². The van der Waals surface area contributed by atoms with E-state index in [1.807, 2.05) is 30.0 Å². The Hall–Kier alpha value is -1.45. The number of aliphatic imine (C=N–C) groups is 1. The summed E-state index contributed by atoms with van der Waals surface area (Å²) in [5.74, 6) is 3.75. The molecule has 1 saturated carbocycles. The molecule has 21 heavy (non-hydrogen) atoms. The molecule has 0 aromatic heterocycles. The second-order valence-corrected chi connectivity index (χ2v) is 6.71. The summed E-state index contributed by atoms with van der Waals surface area (Å²) >= 11 is 1.94. The van der Waals surface area contributed by atoms with E-state index in [0.29, 0.717) is 0 Å².